The van der Waals surface area contributed by atoms with Gasteiger partial charge in [-0.2, -0.15) is 0 Å². The van der Waals surface area contributed by atoms with E-state index in [4.69, 9.17) is 11.6 Å². The summed E-state index contributed by atoms with van der Waals surface area (Å²) in [4.78, 5) is 22.2. The van der Waals surface area contributed by atoms with Gasteiger partial charge in [-0.1, -0.05) is 17.7 Å². The summed E-state index contributed by atoms with van der Waals surface area (Å²) in [5.74, 6) is -1.57. The van der Waals surface area contributed by atoms with E-state index in [0.29, 0.717) is 10.7 Å². The van der Waals surface area contributed by atoms with Crippen LogP contribution >= 0.6 is 11.6 Å². The SMILES string of the molecule is Cc1cc([N+](=O)[O-])cc(C(=O)Nc2cccc(Cl)c2)c1F. The fourth-order valence-electron chi connectivity index (χ4n) is 1.79. The van der Waals surface area contributed by atoms with E-state index in [9.17, 15) is 19.3 Å². The fourth-order valence-corrected chi connectivity index (χ4v) is 1.98. The van der Waals surface area contributed by atoms with Crippen LogP contribution in [0.1, 0.15) is 15.9 Å². The number of nitro groups is 1. The third-order valence-corrected chi connectivity index (χ3v) is 3.01. The van der Waals surface area contributed by atoms with Crippen molar-refractivity contribution in [2.45, 2.75) is 6.92 Å². The summed E-state index contributed by atoms with van der Waals surface area (Å²) >= 11 is 5.78. The van der Waals surface area contributed by atoms with E-state index in [-0.39, 0.29) is 16.8 Å². The zero-order valence-corrected chi connectivity index (χ0v) is 11.6. The summed E-state index contributed by atoms with van der Waals surface area (Å²) in [5.41, 5.74) is -0.330. The van der Waals surface area contributed by atoms with Gasteiger partial charge in [-0.25, -0.2) is 4.39 Å². The normalized spacial score (nSPS) is 10.2. The fraction of sp³-hybridized carbons (Fsp3) is 0.0714. The number of anilines is 1. The maximum absolute atomic E-state index is 14.0. The van der Waals surface area contributed by atoms with E-state index >= 15 is 0 Å². The lowest BCUT2D eigenvalue weighted by atomic mass is 10.1. The van der Waals surface area contributed by atoms with Gasteiger partial charge in [0.25, 0.3) is 11.6 Å². The number of nitrogens with zero attached hydrogens (tertiary/aromatic N) is 1. The third kappa shape index (κ3) is 3.35. The monoisotopic (exact) mass is 308 g/mol. The molecule has 2 aromatic carbocycles. The van der Waals surface area contributed by atoms with Crippen LogP contribution in [0, 0.1) is 22.9 Å². The van der Waals surface area contributed by atoms with Gasteiger partial charge >= 0.3 is 0 Å². The van der Waals surface area contributed by atoms with Crippen molar-refractivity contribution in [1.82, 2.24) is 0 Å². The van der Waals surface area contributed by atoms with E-state index in [1.54, 1.807) is 18.2 Å². The standard InChI is InChI=1S/C14H10ClFN2O3/c1-8-5-11(18(20)21)7-12(13(8)16)14(19)17-10-4-2-3-9(15)6-10/h2-7H,1H3,(H,17,19). The van der Waals surface area contributed by atoms with Crippen molar-refractivity contribution in [3.8, 4) is 0 Å². The highest BCUT2D eigenvalue weighted by molar-refractivity contribution is 6.30. The smallest absolute Gasteiger partial charge is 0.270 e. The van der Waals surface area contributed by atoms with Crippen LogP contribution in [0.3, 0.4) is 0 Å². The summed E-state index contributed by atoms with van der Waals surface area (Å²) in [6.07, 6.45) is 0. The number of hydrogen-bond donors (Lipinski definition) is 1. The van der Waals surface area contributed by atoms with Crippen molar-refractivity contribution in [3.05, 3.63) is 68.5 Å². The molecule has 0 heterocycles. The number of carbonyl (C=O) groups is 1. The predicted molar refractivity (Wildman–Crippen MR) is 77.2 cm³/mol. The van der Waals surface area contributed by atoms with Crippen molar-refractivity contribution in [1.29, 1.82) is 0 Å². The number of nitrogens with one attached hydrogen (secondary N) is 1. The molecule has 0 saturated heterocycles. The molecule has 2 rings (SSSR count). The maximum Gasteiger partial charge on any atom is 0.270 e. The molecule has 5 nitrogen and oxygen atoms in total. The first-order valence-electron chi connectivity index (χ1n) is 5.90. The van der Waals surface area contributed by atoms with Crippen LogP contribution < -0.4 is 5.32 Å². The Morgan fingerprint density at radius 3 is 2.67 bits per heavy atom. The lowest BCUT2D eigenvalue weighted by Crippen LogP contribution is -2.15. The molecule has 0 saturated carbocycles. The van der Waals surface area contributed by atoms with E-state index in [1.165, 1.54) is 13.0 Å². The zero-order valence-electron chi connectivity index (χ0n) is 10.9. The van der Waals surface area contributed by atoms with Gasteiger partial charge in [0.05, 0.1) is 10.5 Å². The lowest BCUT2D eigenvalue weighted by Gasteiger charge is -2.08. The van der Waals surface area contributed by atoms with E-state index < -0.39 is 16.6 Å². The predicted octanol–water partition coefficient (Wildman–Crippen LogP) is 3.95. The molecule has 0 spiro atoms. The number of nitro benzene ring substituents is 1. The number of hydrogen-bond acceptors (Lipinski definition) is 3. The summed E-state index contributed by atoms with van der Waals surface area (Å²) in [5, 5.41) is 13.6. The number of amides is 1. The Kier molecular flexibility index (Phi) is 4.18. The second kappa shape index (κ2) is 5.88. The van der Waals surface area contributed by atoms with E-state index in [2.05, 4.69) is 5.32 Å². The molecule has 2 aromatic rings. The van der Waals surface area contributed by atoms with E-state index in [0.717, 1.165) is 12.1 Å². The number of non-ortho nitro benzene ring substituents is 1. The minimum atomic E-state index is -0.792. The first kappa shape index (κ1) is 14.9. The second-order valence-electron chi connectivity index (χ2n) is 4.35. The Morgan fingerprint density at radius 2 is 2.05 bits per heavy atom. The van der Waals surface area contributed by atoms with Crippen molar-refractivity contribution in [2.75, 3.05) is 5.32 Å². The van der Waals surface area contributed by atoms with Crippen LogP contribution in [0.5, 0.6) is 0 Å². The summed E-state index contributed by atoms with van der Waals surface area (Å²) in [7, 11) is 0. The van der Waals surface area contributed by atoms with Crippen LogP contribution in [0.4, 0.5) is 15.8 Å². The first-order chi connectivity index (χ1) is 9.88. The van der Waals surface area contributed by atoms with Crippen molar-refractivity contribution < 1.29 is 14.1 Å². The number of benzene rings is 2. The molecule has 1 amide bonds. The molecule has 7 heteroatoms. The molecule has 108 valence electrons. The van der Waals surface area contributed by atoms with Crippen LogP contribution in [0.25, 0.3) is 0 Å². The highest BCUT2D eigenvalue weighted by atomic mass is 35.5. The molecule has 0 bridgehead atoms. The van der Waals surface area contributed by atoms with Crippen molar-refractivity contribution in [3.63, 3.8) is 0 Å². The molecule has 0 unspecified atom stereocenters. The number of halogens is 2. The minimum absolute atomic E-state index is 0.0282. The molecule has 21 heavy (non-hydrogen) atoms. The Hall–Kier alpha value is -2.47. The number of rotatable bonds is 3. The van der Waals surface area contributed by atoms with E-state index in [1.807, 2.05) is 0 Å². The molecule has 0 aliphatic carbocycles. The average Bonchev–Trinajstić information content (AvgIpc) is 2.41. The van der Waals surface area contributed by atoms with Crippen LogP contribution in [-0.2, 0) is 0 Å². The molecule has 0 aliphatic heterocycles. The van der Waals surface area contributed by atoms with Gasteiger partial charge in [0.2, 0.25) is 0 Å². The zero-order chi connectivity index (χ0) is 15.6. The van der Waals surface area contributed by atoms with Crippen LogP contribution in [0.2, 0.25) is 5.02 Å². The molecule has 0 aliphatic rings. The molecular weight excluding hydrogens is 299 g/mol. The summed E-state index contributed by atoms with van der Waals surface area (Å²) in [6.45, 7) is 1.36. The number of aryl methyl sites for hydroxylation is 1. The lowest BCUT2D eigenvalue weighted by molar-refractivity contribution is -0.385. The quantitative estimate of drug-likeness (QED) is 0.689. The highest BCUT2D eigenvalue weighted by Crippen LogP contribution is 2.22. The molecule has 0 aromatic heterocycles. The molecule has 0 fully saturated rings. The van der Waals surface area contributed by atoms with Gasteiger partial charge in [0, 0.05) is 22.8 Å². The van der Waals surface area contributed by atoms with Crippen molar-refractivity contribution in [2.24, 2.45) is 0 Å². The molecule has 0 atom stereocenters. The average molecular weight is 309 g/mol. The minimum Gasteiger partial charge on any atom is -0.322 e. The van der Waals surface area contributed by atoms with Crippen molar-refractivity contribution >= 4 is 28.9 Å². The Labute approximate surface area is 124 Å². The summed E-state index contributed by atoms with van der Waals surface area (Å²) in [6, 6.07) is 8.28. The van der Waals surface area contributed by atoms with Crippen LogP contribution in [-0.4, -0.2) is 10.8 Å². The van der Waals surface area contributed by atoms with Gasteiger partial charge in [-0.15, -0.1) is 0 Å². The molecule has 1 N–H and O–H groups in total. The second-order valence-corrected chi connectivity index (χ2v) is 4.78. The molecular formula is C14H10ClFN2O3. The largest absolute Gasteiger partial charge is 0.322 e. The van der Waals surface area contributed by atoms with Gasteiger partial charge in [0.1, 0.15) is 5.82 Å². The Bertz CT molecular complexity index is 734. The van der Waals surface area contributed by atoms with Gasteiger partial charge in [-0.05, 0) is 30.7 Å². The first-order valence-corrected chi connectivity index (χ1v) is 6.27. The Balaban J connectivity index is 2.37. The van der Waals surface area contributed by atoms with Gasteiger partial charge in [0.15, 0.2) is 0 Å². The summed E-state index contributed by atoms with van der Waals surface area (Å²) < 4.78 is 14.0. The maximum atomic E-state index is 14.0. The van der Waals surface area contributed by atoms with Crippen LogP contribution in [0.15, 0.2) is 36.4 Å². The topological polar surface area (TPSA) is 72.2 Å². The van der Waals surface area contributed by atoms with Gasteiger partial charge in [-0.3, -0.25) is 14.9 Å². The Morgan fingerprint density at radius 1 is 1.33 bits per heavy atom. The molecule has 0 radical (unpaired) electrons. The van der Waals surface area contributed by atoms with Gasteiger partial charge < -0.3 is 5.32 Å². The number of carbonyl (C=O) groups excluding carboxylic acids is 1. The highest BCUT2D eigenvalue weighted by Gasteiger charge is 2.19. The third-order valence-electron chi connectivity index (χ3n) is 2.78.